The minimum absolute atomic E-state index is 0.144. The summed E-state index contributed by atoms with van der Waals surface area (Å²) in [6, 6.07) is 9.31. The standard InChI is InChI=1S/C14H13N5OS/c1-10-6-13(21-18-10)17-14(20)12-5-3-2-4-11(12)7-19-9-15-8-16-19/h2-6,8-9H,7H2,1H3,(H,17,20). The van der Waals surface area contributed by atoms with Gasteiger partial charge in [0.05, 0.1) is 12.2 Å². The van der Waals surface area contributed by atoms with Crippen molar-refractivity contribution < 1.29 is 4.79 Å². The lowest BCUT2D eigenvalue weighted by atomic mass is 10.1. The van der Waals surface area contributed by atoms with Crippen molar-refractivity contribution in [2.45, 2.75) is 13.5 Å². The van der Waals surface area contributed by atoms with Gasteiger partial charge < -0.3 is 5.32 Å². The molecule has 0 aliphatic rings. The maximum atomic E-state index is 12.4. The van der Waals surface area contributed by atoms with E-state index < -0.39 is 0 Å². The Labute approximate surface area is 125 Å². The number of anilines is 1. The number of aryl methyl sites for hydroxylation is 1. The van der Waals surface area contributed by atoms with Gasteiger partial charge in [0.25, 0.3) is 5.91 Å². The molecule has 106 valence electrons. The number of rotatable bonds is 4. The van der Waals surface area contributed by atoms with Crippen LogP contribution in [0.15, 0.2) is 43.0 Å². The van der Waals surface area contributed by atoms with Crippen molar-refractivity contribution in [2.75, 3.05) is 5.32 Å². The molecule has 1 aromatic carbocycles. The van der Waals surface area contributed by atoms with Crippen LogP contribution in [0.2, 0.25) is 0 Å². The van der Waals surface area contributed by atoms with Crippen LogP contribution in [0.1, 0.15) is 21.6 Å². The molecular weight excluding hydrogens is 286 g/mol. The SMILES string of the molecule is Cc1cc(NC(=O)c2ccccc2Cn2cncn2)sn1. The number of carbonyl (C=O) groups is 1. The molecule has 6 nitrogen and oxygen atoms in total. The first-order valence-electron chi connectivity index (χ1n) is 6.37. The van der Waals surface area contributed by atoms with Crippen molar-refractivity contribution in [2.24, 2.45) is 0 Å². The predicted molar refractivity (Wildman–Crippen MR) is 80.4 cm³/mol. The highest BCUT2D eigenvalue weighted by atomic mass is 32.1. The molecule has 3 aromatic rings. The average molecular weight is 299 g/mol. The fourth-order valence-corrected chi connectivity index (χ4v) is 2.63. The summed E-state index contributed by atoms with van der Waals surface area (Å²) in [4.78, 5) is 16.3. The molecule has 0 radical (unpaired) electrons. The fraction of sp³-hybridized carbons (Fsp3) is 0.143. The van der Waals surface area contributed by atoms with Crippen LogP contribution in [0.5, 0.6) is 0 Å². The monoisotopic (exact) mass is 299 g/mol. The van der Waals surface area contributed by atoms with Gasteiger partial charge in [0, 0.05) is 5.56 Å². The number of carbonyl (C=O) groups excluding carboxylic acids is 1. The van der Waals surface area contributed by atoms with Crippen LogP contribution < -0.4 is 5.32 Å². The normalized spacial score (nSPS) is 10.5. The molecule has 0 unspecified atom stereocenters. The van der Waals surface area contributed by atoms with Gasteiger partial charge in [-0.25, -0.2) is 9.67 Å². The van der Waals surface area contributed by atoms with Crippen LogP contribution in [-0.2, 0) is 6.54 Å². The van der Waals surface area contributed by atoms with Crippen LogP contribution in [0.3, 0.4) is 0 Å². The molecule has 1 N–H and O–H groups in total. The summed E-state index contributed by atoms with van der Waals surface area (Å²) < 4.78 is 5.83. The third-order valence-corrected chi connectivity index (χ3v) is 3.72. The second kappa shape index (κ2) is 5.84. The van der Waals surface area contributed by atoms with E-state index in [-0.39, 0.29) is 5.91 Å². The van der Waals surface area contributed by atoms with Gasteiger partial charge in [0.15, 0.2) is 0 Å². The van der Waals surface area contributed by atoms with Gasteiger partial charge in [-0.15, -0.1) is 0 Å². The zero-order valence-electron chi connectivity index (χ0n) is 11.4. The van der Waals surface area contributed by atoms with E-state index in [1.807, 2.05) is 31.2 Å². The van der Waals surface area contributed by atoms with Gasteiger partial charge in [-0.1, -0.05) is 18.2 Å². The van der Waals surface area contributed by atoms with Gasteiger partial charge in [0.2, 0.25) is 0 Å². The van der Waals surface area contributed by atoms with E-state index in [0.717, 1.165) is 16.3 Å². The Bertz CT molecular complexity index is 750. The van der Waals surface area contributed by atoms with Crippen LogP contribution in [0.4, 0.5) is 5.00 Å². The Kier molecular flexibility index (Phi) is 3.74. The number of aromatic nitrogens is 4. The van der Waals surface area contributed by atoms with E-state index in [1.54, 1.807) is 17.1 Å². The van der Waals surface area contributed by atoms with Crippen LogP contribution in [0, 0.1) is 6.92 Å². The first-order valence-corrected chi connectivity index (χ1v) is 7.15. The van der Waals surface area contributed by atoms with Gasteiger partial charge in [0.1, 0.15) is 17.7 Å². The molecule has 0 fully saturated rings. The van der Waals surface area contributed by atoms with Gasteiger partial charge in [-0.3, -0.25) is 4.79 Å². The lowest BCUT2D eigenvalue weighted by molar-refractivity contribution is 0.102. The Morgan fingerprint density at radius 1 is 1.38 bits per heavy atom. The summed E-state index contributed by atoms with van der Waals surface area (Å²) in [5.74, 6) is -0.144. The summed E-state index contributed by atoms with van der Waals surface area (Å²) in [7, 11) is 0. The molecule has 0 spiro atoms. The largest absolute Gasteiger partial charge is 0.312 e. The smallest absolute Gasteiger partial charge is 0.256 e. The van der Waals surface area contributed by atoms with E-state index in [1.165, 1.54) is 17.9 Å². The van der Waals surface area contributed by atoms with Crippen molar-refractivity contribution in [3.63, 3.8) is 0 Å². The van der Waals surface area contributed by atoms with Gasteiger partial charge >= 0.3 is 0 Å². The van der Waals surface area contributed by atoms with E-state index in [9.17, 15) is 4.79 Å². The van der Waals surface area contributed by atoms with Gasteiger partial charge in [-0.05, 0) is 36.2 Å². The number of benzene rings is 1. The summed E-state index contributed by atoms with van der Waals surface area (Å²) in [5, 5.41) is 7.68. The minimum atomic E-state index is -0.144. The molecule has 2 heterocycles. The zero-order valence-corrected chi connectivity index (χ0v) is 12.2. The number of nitrogens with one attached hydrogen (secondary N) is 1. The number of hydrogen-bond acceptors (Lipinski definition) is 5. The van der Waals surface area contributed by atoms with Crippen molar-refractivity contribution in [1.82, 2.24) is 19.1 Å². The van der Waals surface area contributed by atoms with Gasteiger partial charge in [-0.2, -0.15) is 9.47 Å². The second-order valence-corrected chi connectivity index (χ2v) is 5.34. The third kappa shape index (κ3) is 3.14. The lowest BCUT2D eigenvalue weighted by Crippen LogP contribution is -2.15. The molecule has 0 saturated carbocycles. The second-order valence-electron chi connectivity index (χ2n) is 4.54. The maximum absolute atomic E-state index is 12.4. The van der Waals surface area contributed by atoms with E-state index >= 15 is 0 Å². The third-order valence-electron chi connectivity index (χ3n) is 2.93. The molecular formula is C14H13N5OS. The fourth-order valence-electron chi connectivity index (χ4n) is 1.97. The maximum Gasteiger partial charge on any atom is 0.256 e. The summed E-state index contributed by atoms with van der Waals surface area (Å²) in [6.07, 6.45) is 3.10. The Hall–Kier alpha value is -2.54. The highest BCUT2D eigenvalue weighted by Crippen LogP contribution is 2.18. The Balaban J connectivity index is 1.82. The average Bonchev–Trinajstić information content (AvgIpc) is 3.11. The summed E-state index contributed by atoms with van der Waals surface area (Å²) in [5.41, 5.74) is 2.41. The zero-order chi connectivity index (χ0) is 14.7. The molecule has 0 bridgehead atoms. The van der Waals surface area contributed by atoms with E-state index in [0.29, 0.717) is 12.1 Å². The van der Waals surface area contributed by atoms with Crippen LogP contribution >= 0.6 is 11.5 Å². The molecule has 0 aliphatic carbocycles. The number of amides is 1. The van der Waals surface area contributed by atoms with Crippen molar-refractivity contribution in [3.05, 3.63) is 59.8 Å². The highest BCUT2D eigenvalue weighted by molar-refractivity contribution is 7.10. The lowest BCUT2D eigenvalue weighted by Gasteiger charge is -2.08. The van der Waals surface area contributed by atoms with Crippen LogP contribution in [-0.4, -0.2) is 25.0 Å². The molecule has 0 atom stereocenters. The number of hydrogen-bond donors (Lipinski definition) is 1. The molecule has 2 aromatic heterocycles. The van der Waals surface area contributed by atoms with E-state index in [2.05, 4.69) is 19.8 Å². The molecule has 21 heavy (non-hydrogen) atoms. The molecule has 3 rings (SSSR count). The molecule has 0 aliphatic heterocycles. The molecule has 1 amide bonds. The quantitative estimate of drug-likeness (QED) is 0.802. The van der Waals surface area contributed by atoms with E-state index in [4.69, 9.17) is 0 Å². The van der Waals surface area contributed by atoms with Crippen molar-refractivity contribution in [3.8, 4) is 0 Å². The highest BCUT2D eigenvalue weighted by Gasteiger charge is 2.12. The first kappa shape index (κ1) is 13.4. The minimum Gasteiger partial charge on any atom is -0.312 e. The van der Waals surface area contributed by atoms with Crippen molar-refractivity contribution in [1.29, 1.82) is 0 Å². The Morgan fingerprint density at radius 3 is 2.95 bits per heavy atom. The topological polar surface area (TPSA) is 72.7 Å². The number of nitrogens with zero attached hydrogens (tertiary/aromatic N) is 4. The summed E-state index contributed by atoms with van der Waals surface area (Å²) in [6.45, 7) is 2.40. The van der Waals surface area contributed by atoms with Crippen LogP contribution in [0.25, 0.3) is 0 Å². The molecule has 7 heteroatoms. The molecule has 0 saturated heterocycles. The summed E-state index contributed by atoms with van der Waals surface area (Å²) >= 11 is 1.27. The Morgan fingerprint density at radius 2 is 2.24 bits per heavy atom. The predicted octanol–water partition coefficient (Wildman–Crippen LogP) is 2.34. The first-order chi connectivity index (χ1) is 10.2. The van der Waals surface area contributed by atoms with Crippen molar-refractivity contribution >= 4 is 22.4 Å².